The van der Waals surface area contributed by atoms with Crippen LogP contribution < -0.4 is 4.84 Å². The highest BCUT2D eigenvalue weighted by molar-refractivity contribution is 6.13. The second-order valence-electron chi connectivity index (χ2n) is 2.79. The van der Waals surface area contributed by atoms with Gasteiger partial charge >= 0.3 is 5.97 Å². The van der Waals surface area contributed by atoms with Crippen LogP contribution in [0.1, 0.15) is 20.8 Å². The summed E-state index contributed by atoms with van der Waals surface area (Å²) in [5, 5.41) is 0. The largest absolute Gasteiger partial charge is 0.464 e. The molecule has 0 saturated heterocycles. The van der Waals surface area contributed by atoms with E-state index < -0.39 is 0 Å². The zero-order valence-electron chi connectivity index (χ0n) is 7.06. The molecule has 0 spiro atoms. The Morgan fingerprint density at radius 2 is 2.09 bits per heavy atom. The summed E-state index contributed by atoms with van der Waals surface area (Å²) in [5.41, 5.74) is 0. The third-order valence-electron chi connectivity index (χ3n) is 1.13. The minimum Gasteiger partial charge on any atom is -0.464 e. The summed E-state index contributed by atoms with van der Waals surface area (Å²) < 4.78 is 4.87. The molecule has 1 N–H and O–H groups in total. The lowest BCUT2D eigenvalue weighted by molar-refractivity contribution is -0.147. The number of esters is 1. The van der Waals surface area contributed by atoms with E-state index in [1.54, 1.807) is 13.8 Å². The maximum atomic E-state index is 10.9. The molecule has 0 aliphatic carbocycles. The van der Waals surface area contributed by atoms with Crippen molar-refractivity contribution in [2.75, 3.05) is 6.61 Å². The topological polar surface area (TPSA) is 38.3 Å². The predicted octanol–water partition coefficient (Wildman–Crippen LogP) is 1.32. The van der Waals surface area contributed by atoms with Gasteiger partial charge in [-0.2, -0.15) is 0 Å². The molecule has 0 aliphatic rings. The maximum absolute atomic E-state index is 10.9. The zero-order valence-corrected chi connectivity index (χ0v) is 7.81. The lowest BCUT2D eigenvalue weighted by Gasteiger charge is -2.10. The first-order chi connectivity index (χ1) is 5.07. The van der Waals surface area contributed by atoms with Crippen LogP contribution in [0.2, 0.25) is 0 Å². The van der Waals surface area contributed by atoms with Gasteiger partial charge in [-0.15, -0.1) is 0 Å². The van der Waals surface area contributed by atoms with Gasteiger partial charge < -0.3 is 4.74 Å². The fraction of sp³-hybridized carbons (Fsp3) is 0.857. The van der Waals surface area contributed by atoms with Gasteiger partial charge in [0.05, 0.1) is 12.0 Å². The average Bonchev–Trinajstić information content (AvgIpc) is 1.99. The van der Waals surface area contributed by atoms with Crippen molar-refractivity contribution in [1.29, 1.82) is 0 Å². The van der Waals surface area contributed by atoms with Gasteiger partial charge in [0.2, 0.25) is 0 Å². The molecule has 3 nitrogen and oxygen atoms in total. The second-order valence-corrected chi connectivity index (χ2v) is 3.01. The standard InChI is InChI=1S/C7H14ClNO2/c1-5(2)7(10)11-4-6(3)9-8/h5-6,9H,4H2,1-3H3/t6-/m0/s1. The van der Waals surface area contributed by atoms with E-state index in [4.69, 9.17) is 16.5 Å². The maximum Gasteiger partial charge on any atom is 0.308 e. The lowest BCUT2D eigenvalue weighted by Crippen LogP contribution is -2.26. The van der Waals surface area contributed by atoms with E-state index in [1.807, 2.05) is 6.92 Å². The zero-order chi connectivity index (χ0) is 8.85. The van der Waals surface area contributed by atoms with Crippen molar-refractivity contribution >= 4 is 17.7 Å². The van der Waals surface area contributed by atoms with Crippen LogP contribution >= 0.6 is 11.8 Å². The van der Waals surface area contributed by atoms with Gasteiger partial charge in [-0.25, -0.2) is 4.84 Å². The average molecular weight is 180 g/mol. The minimum absolute atomic E-state index is 0.000586. The van der Waals surface area contributed by atoms with Crippen molar-refractivity contribution in [3.63, 3.8) is 0 Å². The van der Waals surface area contributed by atoms with Crippen LogP contribution in [0, 0.1) is 5.92 Å². The number of ether oxygens (including phenoxy) is 1. The summed E-state index contributed by atoms with van der Waals surface area (Å²) >= 11 is 5.27. The van der Waals surface area contributed by atoms with Crippen LogP contribution in [0.3, 0.4) is 0 Å². The third kappa shape index (κ3) is 5.04. The van der Waals surface area contributed by atoms with Crippen LogP contribution in [0.5, 0.6) is 0 Å². The van der Waals surface area contributed by atoms with Crippen molar-refractivity contribution in [3.05, 3.63) is 0 Å². The number of hydrogen-bond acceptors (Lipinski definition) is 3. The van der Waals surface area contributed by atoms with E-state index in [-0.39, 0.29) is 17.9 Å². The Labute approximate surface area is 72.2 Å². The van der Waals surface area contributed by atoms with Crippen LogP contribution in [0.25, 0.3) is 0 Å². The number of carbonyl (C=O) groups is 1. The first-order valence-electron chi connectivity index (χ1n) is 3.60. The van der Waals surface area contributed by atoms with E-state index in [2.05, 4.69) is 4.84 Å². The van der Waals surface area contributed by atoms with E-state index in [0.29, 0.717) is 6.61 Å². The summed E-state index contributed by atoms with van der Waals surface area (Å²) in [6.45, 7) is 5.74. The Hall–Kier alpha value is -0.280. The quantitative estimate of drug-likeness (QED) is 0.523. The van der Waals surface area contributed by atoms with E-state index in [1.165, 1.54) is 0 Å². The Balaban J connectivity index is 3.46. The van der Waals surface area contributed by atoms with E-state index in [0.717, 1.165) is 0 Å². The van der Waals surface area contributed by atoms with E-state index >= 15 is 0 Å². The number of rotatable bonds is 4. The molecule has 11 heavy (non-hydrogen) atoms. The van der Waals surface area contributed by atoms with Crippen LogP contribution in [0.4, 0.5) is 0 Å². The Kier molecular flexibility index (Phi) is 5.24. The molecule has 0 heterocycles. The SMILES string of the molecule is CC(C)C(=O)OC[C@H](C)NCl. The van der Waals surface area contributed by atoms with E-state index in [9.17, 15) is 4.79 Å². The summed E-state index contributed by atoms with van der Waals surface area (Å²) in [7, 11) is 0. The fourth-order valence-electron chi connectivity index (χ4n) is 0.405. The van der Waals surface area contributed by atoms with Gasteiger partial charge in [-0.3, -0.25) is 4.79 Å². The van der Waals surface area contributed by atoms with Crippen molar-refractivity contribution in [1.82, 2.24) is 4.84 Å². The van der Waals surface area contributed by atoms with Crippen molar-refractivity contribution < 1.29 is 9.53 Å². The summed E-state index contributed by atoms with van der Waals surface area (Å²) in [6, 6.07) is -0.000586. The highest BCUT2D eigenvalue weighted by Crippen LogP contribution is 1.96. The molecule has 4 heteroatoms. The van der Waals surface area contributed by atoms with Gasteiger partial charge in [-0.1, -0.05) is 13.8 Å². The van der Waals surface area contributed by atoms with Crippen LogP contribution in [-0.2, 0) is 9.53 Å². The van der Waals surface area contributed by atoms with Gasteiger partial charge in [0.1, 0.15) is 6.61 Å². The molecule has 1 atom stereocenters. The minimum atomic E-state index is -0.191. The second kappa shape index (κ2) is 5.38. The molecule has 0 aromatic rings. The normalized spacial score (nSPS) is 13.2. The number of nitrogens with one attached hydrogen (secondary N) is 1. The van der Waals surface area contributed by atoms with Crippen molar-refractivity contribution in [2.24, 2.45) is 5.92 Å². The molecular weight excluding hydrogens is 166 g/mol. The van der Waals surface area contributed by atoms with Crippen LogP contribution in [0.15, 0.2) is 0 Å². The van der Waals surface area contributed by atoms with Crippen molar-refractivity contribution in [2.45, 2.75) is 26.8 Å². The molecular formula is C7H14ClNO2. The first kappa shape index (κ1) is 10.7. The molecule has 0 fully saturated rings. The Morgan fingerprint density at radius 3 is 2.45 bits per heavy atom. The third-order valence-corrected chi connectivity index (χ3v) is 1.51. The highest BCUT2D eigenvalue weighted by atomic mass is 35.5. The van der Waals surface area contributed by atoms with Gasteiger partial charge in [-0.05, 0) is 18.7 Å². The summed E-state index contributed by atoms with van der Waals surface area (Å²) in [4.78, 5) is 13.3. The Bertz CT molecular complexity index is 128. The number of hydrogen-bond donors (Lipinski definition) is 1. The number of halogens is 1. The molecule has 0 amide bonds. The molecule has 0 saturated carbocycles. The monoisotopic (exact) mass is 179 g/mol. The Morgan fingerprint density at radius 1 is 1.55 bits per heavy atom. The summed E-state index contributed by atoms with van der Waals surface area (Å²) in [6.07, 6.45) is 0. The first-order valence-corrected chi connectivity index (χ1v) is 3.98. The fourth-order valence-corrected chi connectivity index (χ4v) is 0.468. The van der Waals surface area contributed by atoms with Gasteiger partial charge in [0, 0.05) is 0 Å². The van der Waals surface area contributed by atoms with Gasteiger partial charge in [0.15, 0.2) is 0 Å². The van der Waals surface area contributed by atoms with Crippen molar-refractivity contribution in [3.8, 4) is 0 Å². The number of carbonyl (C=O) groups excluding carboxylic acids is 1. The highest BCUT2D eigenvalue weighted by Gasteiger charge is 2.09. The summed E-state index contributed by atoms with van der Waals surface area (Å²) in [5.74, 6) is -0.263. The molecule has 66 valence electrons. The molecule has 0 rings (SSSR count). The molecule has 0 aromatic heterocycles. The molecule has 0 unspecified atom stereocenters. The molecule has 0 aromatic carbocycles. The predicted molar refractivity (Wildman–Crippen MR) is 44.2 cm³/mol. The van der Waals surface area contributed by atoms with Gasteiger partial charge in [0.25, 0.3) is 0 Å². The van der Waals surface area contributed by atoms with Crippen LogP contribution in [-0.4, -0.2) is 18.6 Å². The lowest BCUT2D eigenvalue weighted by atomic mass is 10.2. The smallest absolute Gasteiger partial charge is 0.308 e. The molecule has 0 bridgehead atoms. The molecule has 0 radical (unpaired) electrons. The molecule has 0 aliphatic heterocycles.